The van der Waals surface area contributed by atoms with Gasteiger partial charge < -0.3 is 11.1 Å². The smallest absolute Gasteiger partial charge is 0.265 e. The van der Waals surface area contributed by atoms with Crippen LogP contribution < -0.4 is 11.1 Å². The molecule has 0 heterocycles. The van der Waals surface area contributed by atoms with Crippen LogP contribution in [0.1, 0.15) is 44.6 Å². The van der Waals surface area contributed by atoms with E-state index in [1.54, 1.807) is 12.1 Å². The van der Waals surface area contributed by atoms with Gasteiger partial charge in [0.05, 0.1) is 0 Å². The first-order chi connectivity index (χ1) is 8.00. The fourth-order valence-electron chi connectivity index (χ4n) is 2.48. The van der Waals surface area contributed by atoms with E-state index in [2.05, 4.69) is 12.2 Å². The SMILES string of the molecule is CC1(Nc2ccc(N)cc2C(F)F)CCCC1. The van der Waals surface area contributed by atoms with Crippen LogP contribution in [0.25, 0.3) is 0 Å². The van der Waals surface area contributed by atoms with Gasteiger partial charge in [0.25, 0.3) is 6.43 Å². The first-order valence-corrected chi connectivity index (χ1v) is 5.96. The topological polar surface area (TPSA) is 38.0 Å². The summed E-state index contributed by atoms with van der Waals surface area (Å²) < 4.78 is 25.8. The predicted molar refractivity (Wildman–Crippen MR) is 66.3 cm³/mol. The number of alkyl halides is 2. The number of benzene rings is 1. The molecular weight excluding hydrogens is 222 g/mol. The number of halogens is 2. The summed E-state index contributed by atoms with van der Waals surface area (Å²) in [5.74, 6) is 0. The first-order valence-electron chi connectivity index (χ1n) is 5.96. The maximum atomic E-state index is 12.9. The van der Waals surface area contributed by atoms with Gasteiger partial charge in [0.2, 0.25) is 0 Å². The van der Waals surface area contributed by atoms with Gasteiger partial charge in [-0.1, -0.05) is 12.8 Å². The fraction of sp³-hybridized carbons (Fsp3) is 0.538. The third-order valence-corrected chi connectivity index (χ3v) is 3.45. The molecule has 3 N–H and O–H groups in total. The molecule has 0 atom stereocenters. The monoisotopic (exact) mass is 240 g/mol. The maximum Gasteiger partial charge on any atom is 0.265 e. The van der Waals surface area contributed by atoms with Crippen molar-refractivity contribution in [3.05, 3.63) is 23.8 Å². The molecule has 2 nitrogen and oxygen atoms in total. The van der Waals surface area contributed by atoms with Crippen LogP contribution in [0, 0.1) is 0 Å². The molecule has 0 spiro atoms. The Bertz CT molecular complexity index is 398. The zero-order valence-corrected chi connectivity index (χ0v) is 9.97. The quantitative estimate of drug-likeness (QED) is 0.785. The highest BCUT2D eigenvalue weighted by Gasteiger charge is 2.29. The summed E-state index contributed by atoms with van der Waals surface area (Å²) in [5.41, 5.74) is 6.38. The standard InChI is InChI=1S/C13H18F2N2/c1-13(6-2-3-7-13)17-11-5-4-9(16)8-10(11)12(14)15/h4-5,8,12,17H,2-3,6-7,16H2,1H3. The highest BCUT2D eigenvalue weighted by atomic mass is 19.3. The summed E-state index contributed by atoms with van der Waals surface area (Å²) in [4.78, 5) is 0. The summed E-state index contributed by atoms with van der Waals surface area (Å²) in [5, 5.41) is 3.26. The molecule has 0 aromatic heterocycles. The van der Waals surface area contributed by atoms with E-state index in [0.717, 1.165) is 25.7 Å². The fourth-order valence-corrected chi connectivity index (χ4v) is 2.48. The van der Waals surface area contributed by atoms with Gasteiger partial charge >= 0.3 is 0 Å². The molecule has 1 aliphatic carbocycles. The van der Waals surface area contributed by atoms with Crippen LogP contribution in [-0.2, 0) is 0 Å². The van der Waals surface area contributed by atoms with Gasteiger partial charge in [-0.25, -0.2) is 8.78 Å². The van der Waals surface area contributed by atoms with Crippen molar-refractivity contribution in [1.29, 1.82) is 0 Å². The molecule has 1 saturated carbocycles. The minimum Gasteiger partial charge on any atom is -0.399 e. The molecule has 0 unspecified atom stereocenters. The van der Waals surface area contributed by atoms with Crippen molar-refractivity contribution in [3.63, 3.8) is 0 Å². The molecule has 94 valence electrons. The Labute approximate surface area is 100 Å². The normalized spacial score (nSPS) is 18.6. The Hall–Kier alpha value is -1.32. The second-order valence-corrected chi connectivity index (χ2v) is 5.04. The van der Waals surface area contributed by atoms with Gasteiger partial charge in [-0.05, 0) is 38.0 Å². The molecule has 0 saturated heterocycles. The Kier molecular flexibility index (Phi) is 3.22. The molecule has 1 fully saturated rings. The van der Waals surface area contributed by atoms with Crippen LogP contribution in [0.3, 0.4) is 0 Å². The second-order valence-electron chi connectivity index (χ2n) is 5.04. The molecule has 0 bridgehead atoms. The van der Waals surface area contributed by atoms with E-state index in [1.807, 2.05) is 0 Å². The molecule has 1 aromatic rings. The Morgan fingerprint density at radius 1 is 1.29 bits per heavy atom. The van der Waals surface area contributed by atoms with E-state index in [4.69, 9.17) is 5.73 Å². The first kappa shape index (κ1) is 12.1. The van der Waals surface area contributed by atoms with Crippen molar-refractivity contribution < 1.29 is 8.78 Å². The van der Waals surface area contributed by atoms with E-state index in [-0.39, 0.29) is 11.1 Å². The molecule has 17 heavy (non-hydrogen) atoms. The molecular formula is C13H18F2N2. The lowest BCUT2D eigenvalue weighted by molar-refractivity contribution is 0.152. The zero-order chi connectivity index (χ0) is 12.5. The van der Waals surface area contributed by atoms with Crippen LogP contribution in [0.2, 0.25) is 0 Å². The van der Waals surface area contributed by atoms with E-state index in [9.17, 15) is 8.78 Å². The largest absolute Gasteiger partial charge is 0.399 e. The highest BCUT2D eigenvalue weighted by molar-refractivity contribution is 5.59. The van der Waals surface area contributed by atoms with Crippen molar-refractivity contribution in [2.24, 2.45) is 0 Å². The third-order valence-electron chi connectivity index (χ3n) is 3.45. The van der Waals surface area contributed by atoms with Gasteiger partial charge in [-0.15, -0.1) is 0 Å². The van der Waals surface area contributed by atoms with Gasteiger partial charge in [-0.3, -0.25) is 0 Å². The summed E-state index contributed by atoms with van der Waals surface area (Å²) in [6.07, 6.45) is 1.87. The lowest BCUT2D eigenvalue weighted by Gasteiger charge is -2.28. The predicted octanol–water partition coefficient (Wildman–Crippen LogP) is 3.95. The van der Waals surface area contributed by atoms with Crippen LogP contribution >= 0.6 is 0 Å². The molecule has 1 aliphatic rings. The van der Waals surface area contributed by atoms with Crippen LogP contribution in [0.5, 0.6) is 0 Å². The van der Waals surface area contributed by atoms with Crippen molar-refractivity contribution in [3.8, 4) is 0 Å². The number of hydrogen-bond donors (Lipinski definition) is 2. The lowest BCUT2D eigenvalue weighted by atomic mass is 9.99. The number of rotatable bonds is 3. The highest BCUT2D eigenvalue weighted by Crippen LogP contribution is 2.36. The third kappa shape index (κ3) is 2.68. The number of nitrogen functional groups attached to an aromatic ring is 1. The number of anilines is 2. The number of hydrogen-bond acceptors (Lipinski definition) is 2. The van der Waals surface area contributed by atoms with Crippen LogP contribution in [0.4, 0.5) is 20.2 Å². The van der Waals surface area contributed by atoms with Gasteiger partial charge in [0.15, 0.2) is 0 Å². The van der Waals surface area contributed by atoms with Crippen molar-refractivity contribution in [1.82, 2.24) is 0 Å². The zero-order valence-electron chi connectivity index (χ0n) is 9.97. The van der Waals surface area contributed by atoms with Crippen molar-refractivity contribution in [2.75, 3.05) is 11.1 Å². The van der Waals surface area contributed by atoms with Gasteiger partial charge in [0.1, 0.15) is 0 Å². The van der Waals surface area contributed by atoms with E-state index >= 15 is 0 Å². The summed E-state index contributed by atoms with van der Waals surface area (Å²) in [7, 11) is 0. The van der Waals surface area contributed by atoms with Crippen LogP contribution in [0.15, 0.2) is 18.2 Å². The summed E-state index contributed by atoms with van der Waals surface area (Å²) in [6.45, 7) is 2.09. The van der Waals surface area contributed by atoms with Crippen molar-refractivity contribution in [2.45, 2.75) is 44.6 Å². The van der Waals surface area contributed by atoms with E-state index in [0.29, 0.717) is 11.4 Å². The second kappa shape index (κ2) is 4.51. The average molecular weight is 240 g/mol. The Morgan fingerprint density at radius 2 is 1.94 bits per heavy atom. The Morgan fingerprint density at radius 3 is 2.53 bits per heavy atom. The number of nitrogens with one attached hydrogen (secondary N) is 1. The molecule has 0 amide bonds. The minimum absolute atomic E-state index is 0.00174. The van der Waals surface area contributed by atoms with Gasteiger partial charge in [0, 0.05) is 22.5 Å². The molecule has 0 aliphatic heterocycles. The minimum atomic E-state index is -2.49. The van der Waals surface area contributed by atoms with Crippen LogP contribution in [-0.4, -0.2) is 5.54 Å². The molecule has 2 rings (SSSR count). The van der Waals surface area contributed by atoms with E-state index < -0.39 is 6.43 Å². The number of nitrogens with two attached hydrogens (primary N) is 1. The van der Waals surface area contributed by atoms with E-state index in [1.165, 1.54) is 6.07 Å². The average Bonchev–Trinajstić information content (AvgIpc) is 2.67. The molecule has 0 radical (unpaired) electrons. The summed E-state index contributed by atoms with van der Waals surface area (Å²) in [6, 6.07) is 4.66. The lowest BCUT2D eigenvalue weighted by Crippen LogP contribution is -2.31. The van der Waals surface area contributed by atoms with Crippen molar-refractivity contribution >= 4 is 11.4 Å². The summed E-state index contributed by atoms with van der Waals surface area (Å²) >= 11 is 0. The molecule has 1 aromatic carbocycles. The maximum absolute atomic E-state index is 12.9. The van der Waals surface area contributed by atoms with Gasteiger partial charge in [-0.2, -0.15) is 0 Å². The Balaban J connectivity index is 2.25. The molecule has 4 heteroatoms.